The minimum absolute atomic E-state index is 0.0301. The summed E-state index contributed by atoms with van der Waals surface area (Å²) >= 11 is 0. The monoisotopic (exact) mass is 293 g/mol. The number of aromatic amines is 1. The standard InChI is InChI=1S/C15H23N3O3/c1-4-21-15(20)18-7-5-6-17(8-9-18)14(19)13-10-11(2)16-12(13)3/h10,16H,4-9H2,1-3H3. The number of amides is 2. The Morgan fingerprint density at radius 2 is 1.86 bits per heavy atom. The number of hydrogen-bond acceptors (Lipinski definition) is 3. The fraction of sp³-hybridized carbons (Fsp3) is 0.600. The van der Waals surface area contributed by atoms with Crippen molar-refractivity contribution in [3.63, 3.8) is 0 Å². The lowest BCUT2D eigenvalue weighted by Gasteiger charge is -2.21. The Morgan fingerprint density at radius 3 is 2.48 bits per heavy atom. The lowest BCUT2D eigenvalue weighted by molar-refractivity contribution is 0.0753. The summed E-state index contributed by atoms with van der Waals surface area (Å²) in [5, 5.41) is 0. The molecule has 0 saturated carbocycles. The van der Waals surface area contributed by atoms with Crippen molar-refractivity contribution in [3.8, 4) is 0 Å². The molecule has 1 aliphatic rings. The molecule has 1 aromatic rings. The van der Waals surface area contributed by atoms with Crippen LogP contribution in [0.3, 0.4) is 0 Å². The van der Waals surface area contributed by atoms with Crippen molar-refractivity contribution in [1.82, 2.24) is 14.8 Å². The summed E-state index contributed by atoms with van der Waals surface area (Å²) < 4.78 is 5.02. The molecule has 0 spiro atoms. The Bertz CT molecular complexity index is 524. The van der Waals surface area contributed by atoms with Gasteiger partial charge in [0.1, 0.15) is 0 Å². The summed E-state index contributed by atoms with van der Waals surface area (Å²) in [6.45, 7) is 8.38. The summed E-state index contributed by atoms with van der Waals surface area (Å²) in [4.78, 5) is 31.0. The number of aromatic nitrogens is 1. The van der Waals surface area contributed by atoms with Gasteiger partial charge in [0.15, 0.2) is 0 Å². The van der Waals surface area contributed by atoms with Gasteiger partial charge in [0.05, 0.1) is 12.2 Å². The number of nitrogens with one attached hydrogen (secondary N) is 1. The molecule has 1 aromatic heterocycles. The molecule has 1 fully saturated rings. The lowest BCUT2D eigenvalue weighted by atomic mass is 10.2. The number of hydrogen-bond donors (Lipinski definition) is 1. The van der Waals surface area contributed by atoms with Crippen LogP contribution in [0.15, 0.2) is 6.07 Å². The van der Waals surface area contributed by atoms with Crippen LogP contribution in [0.4, 0.5) is 4.79 Å². The number of carbonyl (C=O) groups is 2. The molecular formula is C15H23N3O3. The summed E-state index contributed by atoms with van der Waals surface area (Å²) in [5.41, 5.74) is 2.60. The number of rotatable bonds is 2. The number of aryl methyl sites for hydroxylation is 2. The first-order valence-corrected chi connectivity index (χ1v) is 7.40. The molecule has 0 aliphatic carbocycles. The SMILES string of the molecule is CCOC(=O)N1CCCN(C(=O)c2cc(C)[nH]c2C)CC1. The van der Waals surface area contributed by atoms with Crippen LogP contribution < -0.4 is 0 Å². The third-order valence-electron chi connectivity index (χ3n) is 3.69. The van der Waals surface area contributed by atoms with Crippen LogP contribution in [0.25, 0.3) is 0 Å². The summed E-state index contributed by atoms with van der Waals surface area (Å²) in [6, 6.07) is 1.88. The van der Waals surface area contributed by atoms with E-state index in [1.807, 2.05) is 24.8 Å². The largest absolute Gasteiger partial charge is 0.450 e. The number of carbonyl (C=O) groups excluding carboxylic acids is 2. The molecule has 1 saturated heterocycles. The lowest BCUT2D eigenvalue weighted by Crippen LogP contribution is -2.37. The Kier molecular flexibility index (Phi) is 4.88. The van der Waals surface area contributed by atoms with Crippen molar-refractivity contribution in [2.24, 2.45) is 0 Å². The zero-order valence-corrected chi connectivity index (χ0v) is 12.9. The van der Waals surface area contributed by atoms with E-state index in [4.69, 9.17) is 4.74 Å². The van der Waals surface area contributed by atoms with Gasteiger partial charge in [-0.25, -0.2) is 4.79 Å². The average molecular weight is 293 g/mol. The van der Waals surface area contributed by atoms with E-state index in [9.17, 15) is 9.59 Å². The fourth-order valence-corrected chi connectivity index (χ4v) is 2.63. The van der Waals surface area contributed by atoms with Crippen LogP contribution in [-0.4, -0.2) is 59.6 Å². The average Bonchev–Trinajstić information content (AvgIpc) is 2.66. The van der Waals surface area contributed by atoms with Crippen molar-refractivity contribution < 1.29 is 14.3 Å². The van der Waals surface area contributed by atoms with E-state index in [1.54, 1.807) is 11.8 Å². The summed E-state index contributed by atoms with van der Waals surface area (Å²) in [7, 11) is 0. The highest BCUT2D eigenvalue weighted by molar-refractivity contribution is 5.95. The van der Waals surface area contributed by atoms with Gasteiger partial charge in [0.25, 0.3) is 5.91 Å². The van der Waals surface area contributed by atoms with Gasteiger partial charge in [0.2, 0.25) is 0 Å². The third-order valence-corrected chi connectivity index (χ3v) is 3.69. The first-order chi connectivity index (χ1) is 10.0. The van der Waals surface area contributed by atoms with Gasteiger partial charge in [-0.05, 0) is 33.3 Å². The molecule has 2 heterocycles. The molecule has 0 aromatic carbocycles. The smallest absolute Gasteiger partial charge is 0.409 e. The van der Waals surface area contributed by atoms with Crippen LogP contribution >= 0.6 is 0 Å². The number of H-pyrrole nitrogens is 1. The van der Waals surface area contributed by atoms with E-state index in [-0.39, 0.29) is 12.0 Å². The molecule has 0 atom stereocenters. The van der Waals surface area contributed by atoms with E-state index in [0.717, 1.165) is 23.4 Å². The van der Waals surface area contributed by atoms with Gasteiger partial charge in [-0.2, -0.15) is 0 Å². The van der Waals surface area contributed by atoms with Crippen molar-refractivity contribution in [1.29, 1.82) is 0 Å². The Labute approximate surface area is 125 Å². The predicted molar refractivity (Wildman–Crippen MR) is 79.4 cm³/mol. The van der Waals surface area contributed by atoms with Gasteiger partial charge in [0, 0.05) is 37.6 Å². The van der Waals surface area contributed by atoms with E-state index < -0.39 is 0 Å². The van der Waals surface area contributed by atoms with Crippen molar-refractivity contribution in [2.45, 2.75) is 27.2 Å². The van der Waals surface area contributed by atoms with E-state index >= 15 is 0 Å². The van der Waals surface area contributed by atoms with Gasteiger partial charge in [-0.3, -0.25) is 4.79 Å². The maximum atomic E-state index is 12.6. The van der Waals surface area contributed by atoms with Crippen molar-refractivity contribution >= 4 is 12.0 Å². The summed E-state index contributed by atoms with van der Waals surface area (Å²) in [6.07, 6.45) is 0.480. The molecular weight excluding hydrogens is 270 g/mol. The molecule has 21 heavy (non-hydrogen) atoms. The molecule has 116 valence electrons. The minimum atomic E-state index is -0.291. The van der Waals surface area contributed by atoms with Crippen LogP contribution in [0, 0.1) is 13.8 Å². The molecule has 0 bridgehead atoms. The van der Waals surface area contributed by atoms with Crippen molar-refractivity contribution in [2.75, 3.05) is 32.8 Å². The van der Waals surface area contributed by atoms with E-state index in [2.05, 4.69) is 4.98 Å². The van der Waals surface area contributed by atoms with Crippen molar-refractivity contribution in [3.05, 3.63) is 23.0 Å². The van der Waals surface area contributed by atoms with Crippen LogP contribution in [0.5, 0.6) is 0 Å². The van der Waals surface area contributed by atoms with Crippen LogP contribution in [0.2, 0.25) is 0 Å². The Morgan fingerprint density at radius 1 is 1.19 bits per heavy atom. The van der Waals surface area contributed by atoms with E-state index in [1.165, 1.54) is 0 Å². The number of nitrogens with zero attached hydrogens (tertiary/aromatic N) is 2. The molecule has 1 N–H and O–H groups in total. The van der Waals surface area contributed by atoms with Crippen LogP contribution in [0.1, 0.15) is 35.1 Å². The molecule has 2 amide bonds. The zero-order valence-electron chi connectivity index (χ0n) is 12.9. The molecule has 0 radical (unpaired) electrons. The fourth-order valence-electron chi connectivity index (χ4n) is 2.63. The number of ether oxygens (including phenoxy) is 1. The van der Waals surface area contributed by atoms with Gasteiger partial charge in [-0.15, -0.1) is 0 Å². The predicted octanol–water partition coefficient (Wildman–Crippen LogP) is 1.94. The quantitative estimate of drug-likeness (QED) is 0.906. The van der Waals surface area contributed by atoms with Gasteiger partial charge >= 0.3 is 6.09 Å². The van der Waals surface area contributed by atoms with Gasteiger partial charge in [-0.1, -0.05) is 0 Å². The van der Waals surface area contributed by atoms with Crippen LogP contribution in [-0.2, 0) is 4.74 Å². The highest BCUT2D eigenvalue weighted by Crippen LogP contribution is 2.14. The highest BCUT2D eigenvalue weighted by Gasteiger charge is 2.24. The third kappa shape index (κ3) is 3.56. The first-order valence-electron chi connectivity index (χ1n) is 7.40. The minimum Gasteiger partial charge on any atom is -0.450 e. The zero-order chi connectivity index (χ0) is 15.4. The van der Waals surface area contributed by atoms with Gasteiger partial charge < -0.3 is 19.5 Å². The second kappa shape index (κ2) is 6.65. The second-order valence-corrected chi connectivity index (χ2v) is 5.32. The normalized spacial score (nSPS) is 15.8. The molecule has 0 unspecified atom stereocenters. The first kappa shape index (κ1) is 15.4. The molecule has 6 heteroatoms. The summed E-state index contributed by atoms with van der Waals surface area (Å²) in [5.74, 6) is 0.0301. The topological polar surface area (TPSA) is 65.6 Å². The molecule has 2 rings (SSSR count). The Hall–Kier alpha value is -1.98. The maximum absolute atomic E-state index is 12.6. The van der Waals surface area contributed by atoms with E-state index in [0.29, 0.717) is 32.8 Å². The second-order valence-electron chi connectivity index (χ2n) is 5.32. The maximum Gasteiger partial charge on any atom is 0.409 e. The Balaban J connectivity index is 2.01. The molecule has 1 aliphatic heterocycles. The molecule has 6 nitrogen and oxygen atoms in total. The highest BCUT2D eigenvalue weighted by atomic mass is 16.6.